The largest absolute Gasteiger partial charge is 0.480 e. The molecular weight excluding hydrogens is 230 g/mol. The molecule has 1 N–H and O–H groups in total. The molecule has 1 heterocycles. The van der Waals surface area contributed by atoms with Crippen LogP contribution < -0.4 is 10.1 Å². The molecule has 1 aromatic rings. The Hall–Kier alpha value is -1.20. The van der Waals surface area contributed by atoms with Gasteiger partial charge in [0.05, 0.1) is 25.5 Å². The van der Waals surface area contributed by atoms with Crippen LogP contribution in [-0.2, 0) is 4.74 Å². The lowest BCUT2D eigenvalue weighted by atomic mass is 10.2. The Morgan fingerprint density at radius 2 is 2.06 bits per heavy atom. The van der Waals surface area contributed by atoms with E-state index in [4.69, 9.17) is 9.47 Å². The monoisotopic (exact) mass is 253 g/mol. The SMILES string of the molecule is CCCNC(COCCC)c1ccc(OC)nn1. The third kappa shape index (κ3) is 4.98. The third-order valence-electron chi connectivity index (χ3n) is 2.50. The van der Waals surface area contributed by atoms with E-state index < -0.39 is 0 Å². The van der Waals surface area contributed by atoms with Gasteiger partial charge in [-0.3, -0.25) is 0 Å². The molecule has 0 saturated heterocycles. The molecular formula is C13H23N3O2. The maximum Gasteiger partial charge on any atom is 0.233 e. The summed E-state index contributed by atoms with van der Waals surface area (Å²) >= 11 is 0. The van der Waals surface area contributed by atoms with E-state index in [2.05, 4.69) is 29.4 Å². The van der Waals surface area contributed by atoms with Gasteiger partial charge in [-0.1, -0.05) is 13.8 Å². The quantitative estimate of drug-likeness (QED) is 0.682. The lowest BCUT2D eigenvalue weighted by molar-refractivity contribution is 0.110. The van der Waals surface area contributed by atoms with Crippen molar-refractivity contribution in [1.82, 2.24) is 15.5 Å². The molecule has 5 nitrogen and oxygen atoms in total. The van der Waals surface area contributed by atoms with E-state index in [1.54, 1.807) is 7.11 Å². The van der Waals surface area contributed by atoms with Gasteiger partial charge in [-0.05, 0) is 25.5 Å². The first-order chi connectivity index (χ1) is 8.81. The van der Waals surface area contributed by atoms with Crippen molar-refractivity contribution in [3.8, 4) is 5.88 Å². The fourth-order valence-corrected chi connectivity index (χ4v) is 1.54. The number of hydrogen-bond donors (Lipinski definition) is 1. The van der Waals surface area contributed by atoms with E-state index in [-0.39, 0.29) is 6.04 Å². The van der Waals surface area contributed by atoms with Crippen LogP contribution in [-0.4, -0.2) is 37.1 Å². The van der Waals surface area contributed by atoms with E-state index in [1.165, 1.54) is 0 Å². The number of nitrogens with one attached hydrogen (secondary N) is 1. The van der Waals surface area contributed by atoms with Gasteiger partial charge in [0.15, 0.2) is 0 Å². The van der Waals surface area contributed by atoms with E-state index in [9.17, 15) is 0 Å². The smallest absolute Gasteiger partial charge is 0.233 e. The van der Waals surface area contributed by atoms with Gasteiger partial charge in [-0.2, -0.15) is 5.10 Å². The van der Waals surface area contributed by atoms with Crippen molar-refractivity contribution in [3.05, 3.63) is 17.8 Å². The number of ether oxygens (including phenoxy) is 2. The average molecular weight is 253 g/mol. The van der Waals surface area contributed by atoms with Gasteiger partial charge < -0.3 is 14.8 Å². The normalized spacial score (nSPS) is 12.4. The highest BCUT2D eigenvalue weighted by Gasteiger charge is 2.13. The van der Waals surface area contributed by atoms with Crippen LogP contribution >= 0.6 is 0 Å². The van der Waals surface area contributed by atoms with E-state index >= 15 is 0 Å². The number of methoxy groups -OCH3 is 1. The first kappa shape index (κ1) is 14.9. The van der Waals surface area contributed by atoms with Crippen LogP contribution in [0.25, 0.3) is 0 Å². The molecule has 1 rings (SSSR count). The van der Waals surface area contributed by atoms with Crippen LogP contribution in [0, 0.1) is 0 Å². The van der Waals surface area contributed by atoms with Crippen molar-refractivity contribution in [2.45, 2.75) is 32.7 Å². The zero-order chi connectivity index (χ0) is 13.2. The van der Waals surface area contributed by atoms with Crippen LogP contribution in [0.15, 0.2) is 12.1 Å². The Morgan fingerprint density at radius 3 is 2.61 bits per heavy atom. The fraction of sp³-hybridized carbons (Fsp3) is 0.692. The summed E-state index contributed by atoms with van der Waals surface area (Å²) in [5, 5.41) is 11.6. The standard InChI is InChI=1S/C13H23N3O2/c1-4-8-14-12(10-18-9-5-2)11-6-7-13(17-3)16-15-11/h6-7,12,14H,4-5,8-10H2,1-3H3. The molecule has 18 heavy (non-hydrogen) atoms. The summed E-state index contributed by atoms with van der Waals surface area (Å²) in [6.45, 7) is 6.56. The van der Waals surface area contributed by atoms with Crippen LogP contribution in [0.3, 0.4) is 0 Å². The van der Waals surface area contributed by atoms with Gasteiger partial charge in [0.2, 0.25) is 5.88 Å². The lowest BCUT2D eigenvalue weighted by Crippen LogP contribution is -2.27. The molecule has 1 aromatic heterocycles. The van der Waals surface area contributed by atoms with Gasteiger partial charge in [0, 0.05) is 12.7 Å². The maximum atomic E-state index is 5.59. The van der Waals surface area contributed by atoms with Crippen LogP contribution in [0.5, 0.6) is 5.88 Å². The van der Waals surface area contributed by atoms with Crippen LogP contribution in [0.4, 0.5) is 0 Å². The molecule has 0 aliphatic heterocycles. The molecule has 0 spiro atoms. The molecule has 0 radical (unpaired) electrons. The van der Waals surface area contributed by atoms with Gasteiger partial charge in [-0.25, -0.2) is 0 Å². The summed E-state index contributed by atoms with van der Waals surface area (Å²) < 4.78 is 10.6. The fourth-order valence-electron chi connectivity index (χ4n) is 1.54. The van der Waals surface area contributed by atoms with Crippen molar-refractivity contribution in [3.63, 3.8) is 0 Å². The summed E-state index contributed by atoms with van der Waals surface area (Å²) in [6.07, 6.45) is 2.10. The van der Waals surface area contributed by atoms with Crippen molar-refractivity contribution >= 4 is 0 Å². The molecule has 1 atom stereocenters. The highest BCUT2D eigenvalue weighted by Crippen LogP contribution is 2.12. The Morgan fingerprint density at radius 1 is 1.22 bits per heavy atom. The molecule has 1 unspecified atom stereocenters. The number of hydrogen-bond acceptors (Lipinski definition) is 5. The molecule has 0 aliphatic rings. The van der Waals surface area contributed by atoms with E-state index in [1.807, 2.05) is 12.1 Å². The highest BCUT2D eigenvalue weighted by molar-refractivity contribution is 5.14. The Bertz CT molecular complexity index is 317. The topological polar surface area (TPSA) is 56.3 Å². The minimum Gasteiger partial charge on any atom is -0.480 e. The Labute approximate surface area is 109 Å². The first-order valence-electron chi connectivity index (χ1n) is 6.50. The number of rotatable bonds is 9. The Balaban J connectivity index is 2.60. The van der Waals surface area contributed by atoms with Gasteiger partial charge in [0.1, 0.15) is 0 Å². The molecule has 0 amide bonds. The van der Waals surface area contributed by atoms with Crippen LogP contribution in [0.2, 0.25) is 0 Å². The molecule has 5 heteroatoms. The second-order valence-electron chi connectivity index (χ2n) is 4.08. The molecule has 0 aromatic carbocycles. The summed E-state index contributed by atoms with van der Waals surface area (Å²) in [7, 11) is 1.58. The summed E-state index contributed by atoms with van der Waals surface area (Å²) in [5.74, 6) is 0.530. The van der Waals surface area contributed by atoms with E-state index in [0.29, 0.717) is 12.5 Å². The zero-order valence-corrected chi connectivity index (χ0v) is 11.5. The van der Waals surface area contributed by atoms with Gasteiger partial charge in [0.25, 0.3) is 0 Å². The average Bonchev–Trinajstić information content (AvgIpc) is 2.43. The second-order valence-corrected chi connectivity index (χ2v) is 4.08. The minimum atomic E-state index is 0.0925. The van der Waals surface area contributed by atoms with E-state index in [0.717, 1.165) is 31.7 Å². The maximum absolute atomic E-state index is 5.59. The summed E-state index contributed by atoms with van der Waals surface area (Å²) in [5.41, 5.74) is 0.889. The molecule has 0 aliphatic carbocycles. The lowest BCUT2D eigenvalue weighted by Gasteiger charge is -2.17. The molecule has 0 fully saturated rings. The summed E-state index contributed by atoms with van der Waals surface area (Å²) in [6, 6.07) is 3.84. The Kier molecular flexibility index (Phi) is 7.29. The molecule has 0 saturated carbocycles. The third-order valence-corrected chi connectivity index (χ3v) is 2.50. The highest BCUT2D eigenvalue weighted by atomic mass is 16.5. The zero-order valence-electron chi connectivity index (χ0n) is 11.5. The first-order valence-corrected chi connectivity index (χ1v) is 6.50. The van der Waals surface area contributed by atoms with Crippen molar-refractivity contribution in [2.24, 2.45) is 0 Å². The summed E-state index contributed by atoms with van der Waals surface area (Å²) in [4.78, 5) is 0. The molecule has 0 bridgehead atoms. The second kappa shape index (κ2) is 8.83. The predicted octanol–water partition coefficient (Wildman–Crippen LogP) is 1.95. The minimum absolute atomic E-state index is 0.0925. The van der Waals surface area contributed by atoms with Crippen molar-refractivity contribution < 1.29 is 9.47 Å². The van der Waals surface area contributed by atoms with Crippen LogP contribution in [0.1, 0.15) is 38.4 Å². The molecule has 102 valence electrons. The number of aromatic nitrogens is 2. The number of nitrogens with zero attached hydrogens (tertiary/aromatic N) is 2. The van der Waals surface area contributed by atoms with Crippen molar-refractivity contribution in [2.75, 3.05) is 26.9 Å². The predicted molar refractivity (Wildman–Crippen MR) is 70.7 cm³/mol. The van der Waals surface area contributed by atoms with Gasteiger partial charge >= 0.3 is 0 Å². The van der Waals surface area contributed by atoms with Gasteiger partial charge in [-0.15, -0.1) is 5.10 Å². The van der Waals surface area contributed by atoms with Crippen molar-refractivity contribution in [1.29, 1.82) is 0 Å².